The van der Waals surface area contributed by atoms with E-state index in [0.29, 0.717) is 6.54 Å². The van der Waals surface area contributed by atoms with E-state index in [-0.39, 0.29) is 16.8 Å². The van der Waals surface area contributed by atoms with E-state index in [1.54, 1.807) is 13.8 Å². The third-order valence-corrected chi connectivity index (χ3v) is 3.43. The van der Waals surface area contributed by atoms with Gasteiger partial charge in [0.05, 0.1) is 0 Å². The first kappa shape index (κ1) is 12.0. The largest absolute Gasteiger partial charge is 0.381 e. The van der Waals surface area contributed by atoms with Crippen LogP contribution >= 0.6 is 0 Å². The van der Waals surface area contributed by atoms with Gasteiger partial charge in [0.15, 0.2) is 5.82 Å². The molecule has 1 rings (SSSR count). The predicted molar refractivity (Wildman–Crippen MR) is 57.8 cm³/mol. The molecular formula is C8H16N4O2S. The fraction of sp³-hybridized carbons (Fsp3) is 0.625. The monoisotopic (exact) mass is 232 g/mol. The number of sulfonamides is 1. The third kappa shape index (κ3) is 2.69. The molecule has 0 saturated heterocycles. The van der Waals surface area contributed by atoms with Crippen molar-refractivity contribution in [3.63, 3.8) is 0 Å². The number of rotatable bonds is 4. The summed E-state index contributed by atoms with van der Waals surface area (Å²) in [6, 6.07) is -0.167. The highest BCUT2D eigenvalue weighted by atomic mass is 32.2. The second-order valence-corrected chi connectivity index (χ2v) is 5.19. The fourth-order valence-corrected chi connectivity index (χ4v) is 2.49. The number of nitrogens with two attached hydrogens (primary N) is 1. The lowest BCUT2D eigenvalue weighted by atomic mass is 10.4. The van der Waals surface area contributed by atoms with Crippen LogP contribution in [-0.4, -0.2) is 24.2 Å². The summed E-state index contributed by atoms with van der Waals surface area (Å²) < 4.78 is 27.4. The second kappa shape index (κ2) is 4.19. The molecule has 0 radical (unpaired) electrons. The first-order valence-electron chi connectivity index (χ1n) is 4.72. The number of nitrogens with zero attached hydrogens (tertiary/aromatic N) is 2. The Bertz CT molecular complexity index is 435. The lowest BCUT2D eigenvalue weighted by molar-refractivity contribution is 0.569. The number of anilines is 1. The van der Waals surface area contributed by atoms with Crippen LogP contribution in [0.25, 0.3) is 0 Å². The molecule has 86 valence electrons. The molecule has 0 saturated carbocycles. The Labute approximate surface area is 89.5 Å². The van der Waals surface area contributed by atoms with Gasteiger partial charge in [0.1, 0.15) is 4.90 Å². The molecule has 0 aromatic carbocycles. The summed E-state index contributed by atoms with van der Waals surface area (Å²) in [5, 5.41) is 3.88. The Hall–Kier alpha value is -1.08. The van der Waals surface area contributed by atoms with E-state index in [9.17, 15) is 8.42 Å². The maximum atomic E-state index is 11.7. The lowest BCUT2D eigenvalue weighted by Crippen LogP contribution is -2.30. The standard InChI is InChI=1S/C8H16N4O2S/c1-4-12-5-7(8(9)10-12)15(13,14)11-6(2)3/h5-6,11H,4H2,1-3H3,(H2,9,10). The van der Waals surface area contributed by atoms with Crippen LogP contribution in [0.4, 0.5) is 5.82 Å². The van der Waals surface area contributed by atoms with Crippen molar-refractivity contribution in [3.05, 3.63) is 6.20 Å². The van der Waals surface area contributed by atoms with Crippen LogP contribution in [-0.2, 0) is 16.6 Å². The lowest BCUT2D eigenvalue weighted by Gasteiger charge is -2.07. The van der Waals surface area contributed by atoms with Crippen LogP contribution in [0.3, 0.4) is 0 Å². The maximum Gasteiger partial charge on any atom is 0.246 e. The van der Waals surface area contributed by atoms with Crippen LogP contribution in [0.1, 0.15) is 20.8 Å². The van der Waals surface area contributed by atoms with E-state index in [2.05, 4.69) is 9.82 Å². The van der Waals surface area contributed by atoms with Crippen molar-refractivity contribution in [1.29, 1.82) is 0 Å². The Morgan fingerprint density at radius 3 is 2.60 bits per heavy atom. The van der Waals surface area contributed by atoms with Gasteiger partial charge < -0.3 is 5.73 Å². The SMILES string of the molecule is CCn1cc(S(=O)(=O)NC(C)C)c(N)n1. The number of aromatic nitrogens is 2. The van der Waals surface area contributed by atoms with Crippen LogP contribution in [0.2, 0.25) is 0 Å². The summed E-state index contributed by atoms with van der Waals surface area (Å²) in [6.07, 6.45) is 1.43. The number of nitrogen functional groups attached to an aromatic ring is 1. The van der Waals surface area contributed by atoms with Crippen LogP contribution in [0, 0.1) is 0 Å². The molecule has 6 nitrogen and oxygen atoms in total. The summed E-state index contributed by atoms with van der Waals surface area (Å²) >= 11 is 0. The molecule has 0 spiro atoms. The second-order valence-electron chi connectivity index (χ2n) is 3.51. The Kier molecular flexibility index (Phi) is 3.35. The Morgan fingerprint density at radius 1 is 1.60 bits per heavy atom. The zero-order valence-corrected chi connectivity index (χ0v) is 9.87. The zero-order valence-electron chi connectivity index (χ0n) is 9.06. The average molecular weight is 232 g/mol. The van der Waals surface area contributed by atoms with E-state index in [1.807, 2.05) is 6.92 Å². The van der Waals surface area contributed by atoms with Gasteiger partial charge in [-0.15, -0.1) is 0 Å². The molecule has 3 N–H and O–H groups in total. The molecule has 0 atom stereocenters. The minimum Gasteiger partial charge on any atom is -0.381 e. The van der Waals surface area contributed by atoms with Gasteiger partial charge in [-0.25, -0.2) is 13.1 Å². The third-order valence-electron chi connectivity index (χ3n) is 1.76. The quantitative estimate of drug-likeness (QED) is 0.774. The van der Waals surface area contributed by atoms with Gasteiger partial charge in [0, 0.05) is 18.8 Å². The minimum absolute atomic E-state index is 0.0324. The van der Waals surface area contributed by atoms with Crippen LogP contribution < -0.4 is 10.5 Å². The average Bonchev–Trinajstić information content (AvgIpc) is 2.45. The molecule has 0 aliphatic heterocycles. The first-order chi connectivity index (χ1) is 6.86. The summed E-state index contributed by atoms with van der Waals surface area (Å²) in [6.45, 7) is 5.94. The molecule has 0 fully saturated rings. The minimum atomic E-state index is -3.54. The number of hydrogen-bond acceptors (Lipinski definition) is 4. The molecule has 0 aliphatic rings. The van der Waals surface area contributed by atoms with Crippen LogP contribution in [0.5, 0.6) is 0 Å². The molecule has 1 aromatic rings. The maximum absolute atomic E-state index is 11.7. The summed E-state index contributed by atoms with van der Waals surface area (Å²) in [7, 11) is -3.54. The first-order valence-corrected chi connectivity index (χ1v) is 6.20. The van der Waals surface area contributed by atoms with Crippen LogP contribution in [0.15, 0.2) is 11.1 Å². The van der Waals surface area contributed by atoms with Gasteiger partial charge in [0.25, 0.3) is 0 Å². The van der Waals surface area contributed by atoms with E-state index in [4.69, 9.17) is 5.73 Å². The molecule has 7 heteroatoms. The normalized spacial score (nSPS) is 12.3. The van der Waals surface area contributed by atoms with E-state index in [0.717, 1.165) is 0 Å². The highest BCUT2D eigenvalue weighted by Gasteiger charge is 2.21. The summed E-state index contributed by atoms with van der Waals surface area (Å²) in [4.78, 5) is 0.0399. The molecule has 0 bridgehead atoms. The van der Waals surface area contributed by atoms with Gasteiger partial charge in [0.2, 0.25) is 10.0 Å². The highest BCUT2D eigenvalue weighted by Crippen LogP contribution is 2.16. The van der Waals surface area contributed by atoms with Gasteiger partial charge in [-0.1, -0.05) is 0 Å². The number of aryl methyl sites for hydroxylation is 1. The van der Waals surface area contributed by atoms with Crippen molar-refractivity contribution in [3.8, 4) is 0 Å². The molecule has 1 heterocycles. The van der Waals surface area contributed by atoms with Crippen molar-refractivity contribution in [2.24, 2.45) is 0 Å². The van der Waals surface area contributed by atoms with E-state index < -0.39 is 10.0 Å². The van der Waals surface area contributed by atoms with Crippen molar-refractivity contribution >= 4 is 15.8 Å². The fourth-order valence-electron chi connectivity index (χ4n) is 1.16. The number of nitrogens with one attached hydrogen (secondary N) is 1. The summed E-state index contributed by atoms with van der Waals surface area (Å²) in [5.41, 5.74) is 5.53. The highest BCUT2D eigenvalue weighted by molar-refractivity contribution is 7.89. The Morgan fingerprint density at radius 2 is 2.20 bits per heavy atom. The molecule has 15 heavy (non-hydrogen) atoms. The molecule has 1 aromatic heterocycles. The van der Waals surface area contributed by atoms with Crippen molar-refractivity contribution in [2.75, 3.05) is 5.73 Å². The predicted octanol–water partition coefficient (Wildman–Crippen LogP) is 0.172. The number of hydrogen-bond donors (Lipinski definition) is 2. The van der Waals surface area contributed by atoms with E-state index in [1.165, 1.54) is 10.9 Å². The molecule has 0 amide bonds. The smallest absolute Gasteiger partial charge is 0.246 e. The van der Waals surface area contributed by atoms with E-state index >= 15 is 0 Å². The van der Waals surface area contributed by atoms with Gasteiger partial charge >= 0.3 is 0 Å². The zero-order chi connectivity index (χ0) is 11.6. The van der Waals surface area contributed by atoms with Crippen molar-refractivity contribution in [2.45, 2.75) is 38.3 Å². The Balaban J connectivity index is 3.09. The van der Waals surface area contributed by atoms with Gasteiger partial charge in [-0.3, -0.25) is 4.68 Å². The van der Waals surface area contributed by atoms with Gasteiger partial charge in [-0.2, -0.15) is 5.10 Å². The summed E-state index contributed by atoms with van der Waals surface area (Å²) in [5.74, 6) is 0.0324. The van der Waals surface area contributed by atoms with Crippen molar-refractivity contribution < 1.29 is 8.42 Å². The topological polar surface area (TPSA) is 90.0 Å². The molecule has 0 aliphatic carbocycles. The molecular weight excluding hydrogens is 216 g/mol. The van der Waals surface area contributed by atoms with Gasteiger partial charge in [-0.05, 0) is 20.8 Å². The van der Waals surface area contributed by atoms with Crippen molar-refractivity contribution in [1.82, 2.24) is 14.5 Å². The molecule has 0 unspecified atom stereocenters.